The Morgan fingerprint density at radius 1 is 0.917 bits per heavy atom. The molecular formula is C19H19N3O2. The van der Waals surface area contributed by atoms with E-state index >= 15 is 0 Å². The van der Waals surface area contributed by atoms with Crippen LogP contribution >= 0.6 is 0 Å². The first-order valence-electron chi connectivity index (χ1n) is 8.03. The van der Waals surface area contributed by atoms with E-state index in [1.165, 1.54) is 0 Å². The summed E-state index contributed by atoms with van der Waals surface area (Å²) in [6.45, 7) is 0.738. The number of imidazole rings is 1. The van der Waals surface area contributed by atoms with Crippen molar-refractivity contribution in [2.45, 2.75) is 25.8 Å². The number of aliphatic hydroxyl groups excluding tert-OH is 2. The molecule has 0 spiro atoms. The molecule has 2 heterocycles. The standard InChI is InChI=1S/C19H19N3O2/c23-13-19-20-16-6-2-4-8-18(16)22(19)12-15(24)11-21-10-9-14-5-1-3-7-17(14)21/h1-10,15,23-24H,11-13H2/t15-/m1/s1. The molecule has 0 saturated carbocycles. The summed E-state index contributed by atoms with van der Waals surface area (Å²) in [4.78, 5) is 4.43. The molecule has 4 aromatic rings. The molecule has 2 N–H and O–H groups in total. The highest BCUT2D eigenvalue weighted by molar-refractivity contribution is 5.80. The molecule has 24 heavy (non-hydrogen) atoms. The average Bonchev–Trinajstić information content (AvgIpc) is 3.17. The summed E-state index contributed by atoms with van der Waals surface area (Å²) in [5.74, 6) is 0.576. The van der Waals surface area contributed by atoms with Crippen LogP contribution in [0, 0.1) is 0 Å². The molecule has 2 aromatic carbocycles. The number of nitrogens with zero attached hydrogens (tertiary/aromatic N) is 3. The van der Waals surface area contributed by atoms with Gasteiger partial charge < -0.3 is 19.3 Å². The number of para-hydroxylation sites is 3. The summed E-state index contributed by atoms with van der Waals surface area (Å²) in [5, 5.41) is 21.3. The minimum atomic E-state index is -0.580. The highest BCUT2D eigenvalue weighted by Gasteiger charge is 2.14. The third kappa shape index (κ3) is 2.58. The molecule has 1 atom stereocenters. The summed E-state index contributed by atoms with van der Waals surface area (Å²) >= 11 is 0. The molecule has 0 amide bonds. The number of aliphatic hydroxyl groups is 2. The van der Waals surface area contributed by atoms with Crippen LogP contribution < -0.4 is 0 Å². The van der Waals surface area contributed by atoms with Crippen LogP contribution in [0.15, 0.2) is 60.8 Å². The van der Waals surface area contributed by atoms with Gasteiger partial charge >= 0.3 is 0 Å². The second kappa shape index (κ2) is 6.11. The number of fused-ring (bicyclic) bond motifs is 2. The molecule has 0 saturated heterocycles. The molecule has 0 fully saturated rings. The van der Waals surface area contributed by atoms with Gasteiger partial charge in [-0.1, -0.05) is 30.3 Å². The fraction of sp³-hybridized carbons (Fsp3) is 0.211. The third-order valence-electron chi connectivity index (χ3n) is 4.36. The zero-order valence-electron chi connectivity index (χ0n) is 13.2. The first-order valence-corrected chi connectivity index (χ1v) is 8.03. The lowest BCUT2D eigenvalue weighted by atomic mass is 10.2. The van der Waals surface area contributed by atoms with Crippen LogP contribution in [0.2, 0.25) is 0 Å². The van der Waals surface area contributed by atoms with Crippen LogP contribution in [0.5, 0.6) is 0 Å². The van der Waals surface area contributed by atoms with E-state index in [9.17, 15) is 10.2 Å². The van der Waals surface area contributed by atoms with E-state index in [1.54, 1.807) is 0 Å². The molecule has 0 unspecified atom stereocenters. The highest BCUT2D eigenvalue weighted by atomic mass is 16.3. The van der Waals surface area contributed by atoms with Gasteiger partial charge in [0.15, 0.2) is 0 Å². The predicted octanol–water partition coefficient (Wildman–Crippen LogP) is 2.54. The second-order valence-electron chi connectivity index (χ2n) is 5.97. The average molecular weight is 321 g/mol. The number of aromatic nitrogens is 3. The molecule has 5 nitrogen and oxygen atoms in total. The molecule has 0 aliphatic rings. The Labute approximate surface area is 139 Å². The minimum absolute atomic E-state index is 0.145. The molecule has 5 heteroatoms. The van der Waals surface area contributed by atoms with Gasteiger partial charge in [-0.25, -0.2) is 4.98 Å². The zero-order chi connectivity index (χ0) is 16.5. The maximum Gasteiger partial charge on any atom is 0.135 e. The normalized spacial score (nSPS) is 12.9. The maximum atomic E-state index is 10.6. The van der Waals surface area contributed by atoms with Gasteiger partial charge in [0.2, 0.25) is 0 Å². The van der Waals surface area contributed by atoms with Crippen LogP contribution in [0.25, 0.3) is 21.9 Å². The molecular weight excluding hydrogens is 302 g/mol. The fourth-order valence-electron chi connectivity index (χ4n) is 3.25. The van der Waals surface area contributed by atoms with Gasteiger partial charge in [0.25, 0.3) is 0 Å². The predicted molar refractivity (Wildman–Crippen MR) is 93.6 cm³/mol. The fourth-order valence-corrected chi connectivity index (χ4v) is 3.25. The topological polar surface area (TPSA) is 63.2 Å². The third-order valence-corrected chi connectivity index (χ3v) is 4.36. The Balaban J connectivity index is 1.61. The van der Waals surface area contributed by atoms with Gasteiger partial charge in [-0.05, 0) is 29.7 Å². The Kier molecular flexibility index (Phi) is 3.80. The van der Waals surface area contributed by atoms with Gasteiger partial charge in [0, 0.05) is 11.7 Å². The van der Waals surface area contributed by atoms with E-state index in [2.05, 4.69) is 15.6 Å². The van der Waals surface area contributed by atoms with Crippen molar-refractivity contribution in [3.05, 3.63) is 66.6 Å². The summed E-state index contributed by atoms with van der Waals surface area (Å²) in [6.07, 6.45) is 1.41. The van der Waals surface area contributed by atoms with E-state index in [1.807, 2.05) is 59.3 Å². The Morgan fingerprint density at radius 2 is 1.67 bits per heavy atom. The lowest BCUT2D eigenvalue weighted by Gasteiger charge is -2.15. The molecule has 0 radical (unpaired) electrons. The summed E-state index contributed by atoms with van der Waals surface area (Å²) < 4.78 is 3.95. The second-order valence-corrected chi connectivity index (χ2v) is 5.97. The molecule has 122 valence electrons. The van der Waals surface area contributed by atoms with E-state index in [-0.39, 0.29) is 6.61 Å². The maximum absolute atomic E-state index is 10.6. The van der Waals surface area contributed by atoms with Crippen molar-refractivity contribution in [3.63, 3.8) is 0 Å². The molecule has 0 bridgehead atoms. The van der Waals surface area contributed by atoms with Crippen LogP contribution in [-0.2, 0) is 19.7 Å². The molecule has 0 aliphatic carbocycles. The first kappa shape index (κ1) is 14.9. The van der Waals surface area contributed by atoms with E-state index in [4.69, 9.17) is 0 Å². The first-order chi connectivity index (χ1) is 11.8. The van der Waals surface area contributed by atoms with Gasteiger partial charge in [-0.3, -0.25) is 0 Å². The van der Waals surface area contributed by atoms with E-state index < -0.39 is 6.10 Å². The lowest BCUT2D eigenvalue weighted by molar-refractivity contribution is 0.134. The number of rotatable bonds is 5. The molecule has 2 aromatic heterocycles. The van der Waals surface area contributed by atoms with Crippen molar-refractivity contribution < 1.29 is 10.2 Å². The largest absolute Gasteiger partial charge is 0.389 e. The van der Waals surface area contributed by atoms with Crippen molar-refractivity contribution in [2.24, 2.45) is 0 Å². The van der Waals surface area contributed by atoms with Crippen molar-refractivity contribution >= 4 is 21.9 Å². The van der Waals surface area contributed by atoms with Crippen LogP contribution in [-0.4, -0.2) is 30.4 Å². The Bertz CT molecular complexity index is 987. The summed E-state index contributed by atoms with van der Waals surface area (Å²) in [7, 11) is 0. The van der Waals surface area contributed by atoms with Gasteiger partial charge in [0.05, 0.1) is 30.2 Å². The minimum Gasteiger partial charge on any atom is -0.389 e. The quantitative estimate of drug-likeness (QED) is 0.594. The SMILES string of the molecule is OCc1nc2ccccc2n1C[C@H](O)Cn1ccc2ccccc21. The van der Waals surface area contributed by atoms with Crippen molar-refractivity contribution in [2.75, 3.05) is 0 Å². The van der Waals surface area contributed by atoms with Gasteiger partial charge in [-0.2, -0.15) is 0 Å². The summed E-state index contributed by atoms with van der Waals surface area (Å²) in [5.41, 5.74) is 2.87. The van der Waals surface area contributed by atoms with Crippen molar-refractivity contribution in [1.82, 2.24) is 14.1 Å². The van der Waals surface area contributed by atoms with Crippen molar-refractivity contribution in [1.29, 1.82) is 0 Å². The van der Waals surface area contributed by atoms with E-state index in [0.29, 0.717) is 18.9 Å². The summed E-state index contributed by atoms with van der Waals surface area (Å²) in [6, 6.07) is 17.9. The zero-order valence-corrected chi connectivity index (χ0v) is 13.2. The Morgan fingerprint density at radius 3 is 2.50 bits per heavy atom. The lowest BCUT2D eigenvalue weighted by Crippen LogP contribution is -2.23. The number of benzene rings is 2. The van der Waals surface area contributed by atoms with Crippen LogP contribution in [0.4, 0.5) is 0 Å². The van der Waals surface area contributed by atoms with E-state index in [0.717, 1.165) is 21.9 Å². The van der Waals surface area contributed by atoms with Crippen LogP contribution in [0.1, 0.15) is 5.82 Å². The monoisotopic (exact) mass is 321 g/mol. The molecule has 4 rings (SSSR count). The highest BCUT2D eigenvalue weighted by Crippen LogP contribution is 2.19. The number of hydrogen-bond acceptors (Lipinski definition) is 3. The van der Waals surface area contributed by atoms with Gasteiger partial charge in [-0.15, -0.1) is 0 Å². The smallest absolute Gasteiger partial charge is 0.135 e. The number of hydrogen-bond donors (Lipinski definition) is 2. The molecule has 0 aliphatic heterocycles. The van der Waals surface area contributed by atoms with Gasteiger partial charge in [0.1, 0.15) is 12.4 Å². The van der Waals surface area contributed by atoms with Crippen molar-refractivity contribution in [3.8, 4) is 0 Å². The van der Waals surface area contributed by atoms with Crippen LogP contribution in [0.3, 0.4) is 0 Å². The Hall–Kier alpha value is -2.63.